The molecule has 4 N–H and O–H groups in total. The van der Waals surface area contributed by atoms with Crippen molar-refractivity contribution >= 4 is 21.6 Å². The summed E-state index contributed by atoms with van der Waals surface area (Å²) < 4.78 is 26.6. The van der Waals surface area contributed by atoms with E-state index in [-0.39, 0.29) is 23.4 Å². The number of amides is 1. The number of hydrogen-bond acceptors (Lipinski definition) is 5. The number of carbonyl (C=O) groups excluding carboxylic acids is 1. The van der Waals surface area contributed by atoms with Gasteiger partial charge in [-0.15, -0.1) is 0 Å². The van der Waals surface area contributed by atoms with Crippen molar-refractivity contribution in [3.05, 3.63) is 53.9 Å². The van der Waals surface area contributed by atoms with E-state index in [0.717, 1.165) is 0 Å². The molecule has 7 nitrogen and oxygen atoms in total. The number of benzene rings is 1. The normalized spacial score (nSPS) is 11.5. The van der Waals surface area contributed by atoms with E-state index in [4.69, 9.17) is 5.73 Å². The number of nitrogens with two attached hydrogens (primary N) is 1. The highest BCUT2D eigenvalue weighted by Crippen LogP contribution is 2.15. The van der Waals surface area contributed by atoms with E-state index < -0.39 is 10.0 Å². The van der Waals surface area contributed by atoms with Crippen LogP contribution in [0.3, 0.4) is 0 Å². The molecule has 0 saturated carbocycles. The van der Waals surface area contributed by atoms with Crippen LogP contribution in [0.2, 0.25) is 0 Å². The number of nitrogens with zero attached hydrogens (tertiary/aromatic N) is 1. The molecule has 0 unspecified atom stereocenters. The highest BCUT2D eigenvalue weighted by atomic mass is 32.2. The third kappa shape index (κ3) is 4.60. The quantitative estimate of drug-likeness (QED) is 0.731. The maximum Gasteiger partial charge on any atom is 0.255 e. The summed E-state index contributed by atoms with van der Waals surface area (Å²) in [4.78, 5) is 16.4. The molecule has 2 rings (SSSR count). The van der Waals surface area contributed by atoms with E-state index in [2.05, 4.69) is 15.0 Å². The maximum absolute atomic E-state index is 12.2. The molecule has 0 bridgehead atoms. The molecular weight excluding hydrogens is 328 g/mol. The molecule has 0 aliphatic heterocycles. The minimum absolute atomic E-state index is 0.142. The number of rotatable bonds is 6. The minimum atomic E-state index is -3.55. The molecule has 1 heterocycles. The molecule has 0 aliphatic rings. The number of carbonyl (C=O) groups is 1. The summed E-state index contributed by atoms with van der Waals surface area (Å²) in [5, 5.41) is 2.71. The predicted molar refractivity (Wildman–Crippen MR) is 92.0 cm³/mol. The zero-order valence-electron chi connectivity index (χ0n) is 13.5. The van der Waals surface area contributed by atoms with Crippen molar-refractivity contribution in [1.29, 1.82) is 0 Å². The monoisotopic (exact) mass is 348 g/mol. The lowest BCUT2D eigenvalue weighted by Crippen LogP contribution is -2.30. The molecule has 0 saturated heterocycles. The third-order valence-corrected chi connectivity index (χ3v) is 4.78. The zero-order chi connectivity index (χ0) is 17.7. The Hall–Kier alpha value is -2.29. The van der Waals surface area contributed by atoms with Gasteiger partial charge in [0.2, 0.25) is 10.0 Å². The second-order valence-corrected chi connectivity index (χ2v) is 7.21. The van der Waals surface area contributed by atoms with Crippen LogP contribution in [-0.4, -0.2) is 25.4 Å². The summed E-state index contributed by atoms with van der Waals surface area (Å²) in [5.74, 6) is -0.317. The Morgan fingerprint density at radius 2 is 1.88 bits per heavy atom. The summed E-state index contributed by atoms with van der Waals surface area (Å²) >= 11 is 0. The fraction of sp³-hybridized carbons (Fsp3) is 0.250. The van der Waals surface area contributed by atoms with Crippen LogP contribution < -0.4 is 15.8 Å². The van der Waals surface area contributed by atoms with Crippen molar-refractivity contribution in [1.82, 2.24) is 9.71 Å². The first-order valence-corrected chi connectivity index (χ1v) is 8.89. The molecule has 0 fully saturated rings. The zero-order valence-corrected chi connectivity index (χ0v) is 14.3. The number of sulfonamides is 1. The van der Waals surface area contributed by atoms with Crippen molar-refractivity contribution in [2.75, 3.05) is 5.32 Å². The van der Waals surface area contributed by atoms with Crippen molar-refractivity contribution in [3.63, 3.8) is 0 Å². The third-order valence-electron chi connectivity index (χ3n) is 3.10. The van der Waals surface area contributed by atoms with Gasteiger partial charge in [0.15, 0.2) is 0 Å². The van der Waals surface area contributed by atoms with E-state index in [0.29, 0.717) is 16.9 Å². The predicted octanol–water partition coefficient (Wildman–Crippen LogP) is 1.48. The Morgan fingerprint density at radius 1 is 1.21 bits per heavy atom. The molecule has 128 valence electrons. The number of nitrogens with one attached hydrogen (secondary N) is 2. The van der Waals surface area contributed by atoms with Crippen LogP contribution in [0.1, 0.15) is 29.9 Å². The lowest BCUT2D eigenvalue weighted by atomic mass is 10.2. The summed E-state index contributed by atoms with van der Waals surface area (Å²) in [7, 11) is -3.55. The summed E-state index contributed by atoms with van der Waals surface area (Å²) in [6, 6.07) is 8.96. The average molecular weight is 348 g/mol. The largest absolute Gasteiger partial charge is 0.325 e. The summed E-state index contributed by atoms with van der Waals surface area (Å²) in [6.45, 7) is 3.74. The molecule has 0 aliphatic carbocycles. The van der Waals surface area contributed by atoms with Crippen LogP contribution in [0.15, 0.2) is 47.5 Å². The number of hydrogen-bond donors (Lipinski definition) is 3. The van der Waals surface area contributed by atoms with Crippen molar-refractivity contribution in [2.45, 2.75) is 31.3 Å². The molecule has 0 atom stereocenters. The van der Waals surface area contributed by atoms with Crippen molar-refractivity contribution in [2.24, 2.45) is 5.73 Å². The number of pyridine rings is 1. The standard InChI is InChI=1S/C16H20N4O3S/c1-11(2)20-24(22,23)15-5-3-13(4-6-15)19-16(21)12-7-8-18-14(9-12)10-17/h3-9,11,20H,10,17H2,1-2H3,(H,19,21). The van der Waals surface area contributed by atoms with Crippen LogP contribution >= 0.6 is 0 Å². The highest BCUT2D eigenvalue weighted by Gasteiger charge is 2.15. The summed E-state index contributed by atoms with van der Waals surface area (Å²) in [6.07, 6.45) is 1.52. The smallest absolute Gasteiger partial charge is 0.255 e. The van der Waals surface area contributed by atoms with Crippen LogP contribution in [0.25, 0.3) is 0 Å². The van der Waals surface area contributed by atoms with E-state index in [1.54, 1.807) is 26.0 Å². The van der Waals surface area contributed by atoms with Gasteiger partial charge in [-0.25, -0.2) is 13.1 Å². The van der Waals surface area contributed by atoms with Crippen LogP contribution in [-0.2, 0) is 16.6 Å². The van der Waals surface area contributed by atoms with E-state index in [9.17, 15) is 13.2 Å². The lowest BCUT2D eigenvalue weighted by Gasteiger charge is -2.10. The molecular formula is C16H20N4O3S. The Bertz CT molecular complexity index is 817. The van der Waals surface area contributed by atoms with E-state index in [1.165, 1.54) is 30.5 Å². The Morgan fingerprint density at radius 3 is 2.46 bits per heavy atom. The van der Waals surface area contributed by atoms with Gasteiger partial charge in [-0.1, -0.05) is 0 Å². The maximum atomic E-state index is 12.2. The molecule has 1 aromatic carbocycles. The van der Waals surface area contributed by atoms with Crippen LogP contribution in [0.4, 0.5) is 5.69 Å². The van der Waals surface area contributed by atoms with Gasteiger partial charge in [-0.3, -0.25) is 9.78 Å². The average Bonchev–Trinajstić information content (AvgIpc) is 2.54. The molecule has 8 heteroatoms. The van der Waals surface area contributed by atoms with Crippen molar-refractivity contribution in [3.8, 4) is 0 Å². The molecule has 0 radical (unpaired) electrons. The Labute approximate surface area is 141 Å². The van der Waals surface area contributed by atoms with Crippen LogP contribution in [0, 0.1) is 0 Å². The molecule has 24 heavy (non-hydrogen) atoms. The second kappa shape index (κ2) is 7.52. The van der Waals surface area contributed by atoms with Gasteiger partial charge >= 0.3 is 0 Å². The number of anilines is 1. The van der Waals surface area contributed by atoms with Gasteiger partial charge in [-0.2, -0.15) is 0 Å². The van der Waals surface area contributed by atoms with Gasteiger partial charge in [-0.05, 0) is 50.2 Å². The lowest BCUT2D eigenvalue weighted by molar-refractivity contribution is 0.102. The van der Waals surface area contributed by atoms with E-state index in [1.807, 2.05) is 0 Å². The summed E-state index contributed by atoms with van der Waals surface area (Å²) in [5.41, 5.74) is 7.05. The van der Waals surface area contributed by atoms with E-state index >= 15 is 0 Å². The van der Waals surface area contributed by atoms with Gasteiger partial charge in [0, 0.05) is 30.0 Å². The minimum Gasteiger partial charge on any atom is -0.325 e. The molecule has 0 spiro atoms. The topological polar surface area (TPSA) is 114 Å². The molecule has 1 aromatic heterocycles. The van der Waals surface area contributed by atoms with Gasteiger partial charge in [0.05, 0.1) is 10.6 Å². The fourth-order valence-corrected chi connectivity index (χ4v) is 3.28. The first-order valence-electron chi connectivity index (χ1n) is 7.40. The van der Waals surface area contributed by atoms with Crippen molar-refractivity contribution < 1.29 is 13.2 Å². The van der Waals surface area contributed by atoms with Gasteiger partial charge < -0.3 is 11.1 Å². The van der Waals surface area contributed by atoms with Gasteiger partial charge in [0.1, 0.15) is 0 Å². The first kappa shape index (κ1) is 18.1. The van der Waals surface area contributed by atoms with Gasteiger partial charge in [0.25, 0.3) is 5.91 Å². The molecule has 2 aromatic rings. The number of aromatic nitrogens is 1. The molecule has 1 amide bonds. The second-order valence-electron chi connectivity index (χ2n) is 5.49. The Kier molecular flexibility index (Phi) is 5.66. The fourth-order valence-electron chi connectivity index (χ4n) is 2.03. The highest BCUT2D eigenvalue weighted by molar-refractivity contribution is 7.89. The Balaban J connectivity index is 2.12. The SMILES string of the molecule is CC(C)NS(=O)(=O)c1ccc(NC(=O)c2ccnc(CN)c2)cc1. The van der Waals surface area contributed by atoms with Crippen LogP contribution in [0.5, 0.6) is 0 Å². The first-order chi connectivity index (χ1) is 11.3.